The van der Waals surface area contributed by atoms with E-state index in [9.17, 15) is 0 Å². The highest BCUT2D eigenvalue weighted by atomic mass is 13.9. The van der Waals surface area contributed by atoms with Crippen molar-refractivity contribution in [3.8, 4) is 0 Å². The van der Waals surface area contributed by atoms with E-state index in [0.29, 0.717) is 0 Å². The monoisotopic (exact) mass is 124 g/mol. The zero-order chi connectivity index (χ0) is 6.36. The van der Waals surface area contributed by atoms with Gasteiger partial charge < -0.3 is 0 Å². The molecule has 0 aromatic heterocycles. The van der Waals surface area contributed by atoms with E-state index >= 15 is 0 Å². The Labute approximate surface area is 59.3 Å². The van der Waals surface area contributed by atoms with Crippen LogP contribution in [-0.4, -0.2) is 7.28 Å². The third-order valence-electron chi connectivity index (χ3n) is 2.25. The molecule has 1 rings (SSSR count). The molecule has 0 radical (unpaired) electrons. The van der Waals surface area contributed by atoms with Gasteiger partial charge >= 0.3 is 0 Å². The van der Waals surface area contributed by atoms with Crippen molar-refractivity contribution < 1.29 is 0 Å². The van der Waals surface area contributed by atoms with Crippen LogP contribution in [0.15, 0.2) is 0 Å². The van der Waals surface area contributed by atoms with Gasteiger partial charge in [-0.3, -0.25) is 0 Å². The predicted octanol–water partition coefficient (Wildman–Crippen LogP) is 2.61. The Morgan fingerprint density at radius 1 is 0.556 bits per heavy atom. The molecule has 0 aliphatic carbocycles. The Hall–Kier alpha value is 0.0649. The second kappa shape index (κ2) is 4.90. The summed E-state index contributed by atoms with van der Waals surface area (Å²) in [6, 6.07) is 0. The average Bonchev–Trinajstić information content (AvgIpc) is 2.00. The first-order valence-electron chi connectivity index (χ1n) is 4.50. The van der Waals surface area contributed by atoms with Crippen molar-refractivity contribution in [2.75, 3.05) is 0 Å². The molecule has 0 bridgehead atoms. The normalized spacial score (nSPS) is 23.1. The minimum atomic E-state index is 1.50. The van der Waals surface area contributed by atoms with Gasteiger partial charge in [0.15, 0.2) is 0 Å². The highest BCUT2D eigenvalue weighted by Crippen LogP contribution is 2.12. The Morgan fingerprint density at radius 2 is 1.00 bits per heavy atom. The average molecular weight is 124 g/mol. The van der Waals surface area contributed by atoms with Gasteiger partial charge in [-0.15, -0.1) is 0 Å². The Kier molecular flexibility index (Phi) is 3.91. The SMILES string of the molecule is B1CCCCCCCC1. The van der Waals surface area contributed by atoms with Crippen LogP contribution in [0, 0.1) is 0 Å². The minimum absolute atomic E-state index is 1.50. The van der Waals surface area contributed by atoms with Crippen molar-refractivity contribution in [1.82, 2.24) is 0 Å². The van der Waals surface area contributed by atoms with Crippen LogP contribution in [0.5, 0.6) is 0 Å². The molecule has 52 valence electrons. The third kappa shape index (κ3) is 3.61. The summed E-state index contributed by atoms with van der Waals surface area (Å²) < 4.78 is 0. The maximum Gasteiger partial charge on any atom is 0.120 e. The van der Waals surface area contributed by atoms with E-state index < -0.39 is 0 Å². The molecule has 0 unspecified atom stereocenters. The van der Waals surface area contributed by atoms with Gasteiger partial charge in [-0.2, -0.15) is 0 Å². The van der Waals surface area contributed by atoms with Crippen molar-refractivity contribution in [2.24, 2.45) is 0 Å². The largest absolute Gasteiger partial charge is 0.120 e. The summed E-state index contributed by atoms with van der Waals surface area (Å²) in [6.45, 7) is 0. The molecule has 1 heteroatoms. The topological polar surface area (TPSA) is 0 Å². The van der Waals surface area contributed by atoms with E-state index in [4.69, 9.17) is 0 Å². The lowest BCUT2D eigenvalue weighted by atomic mass is 9.69. The van der Waals surface area contributed by atoms with Crippen LogP contribution in [-0.2, 0) is 0 Å². The molecule has 0 spiro atoms. The Bertz CT molecular complexity index is 33.1. The first kappa shape index (κ1) is 7.18. The second-order valence-corrected chi connectivity index (χ2v) is 3.18. The van der Waals surface area contributed by atoms with Crippen LogP contribution < -0.4 is 0 Å². The molecule has 0 aromatic rings. The van der Waals surface area contributed by atoms with Crippen LogP contribution in [0.2, 0.25) is 12.6 Å². The number of hydrogen-bond acceptors (Lipinski definition) is 0. The van der Waals surface area contributed by atoms with Crippen molar-refractivity contribution >= 4 is 7.28 Å². The van der Waals surface area contributed by atoms with Gasteiger partial charge in [-0.25, -0.2) is 0 Å². The lowest BCUT2D eigenvalue weighted by Crippen LogP contribution is -1.85. The van der Waals surface area contributed by atoms with Crippen molar-refractivity contribution in [2.45, 2.75) is 51.2 Å². The molecule has 1 fully saturated rings. The number of rotatable bonds is 0. The molecule has 1 saturated heterocycles. The first-order valence-corrected chi connectivity index (χ1v) is 4.50. The van der Waals surface area contributed by atoms with Crippen LogP contribution in [0.1, 0.15) is 38.5 Å². The zero-order valence-corrected chi connectivity index (χ0v) is 6.36. The summed E-state index contributed by atoms with van der Waals surface area (Å²) >= 11 is 0. The van der Waals surface area contributed by atoms with E-state index in [2.05, 4.69) is 0 Å². The summed E-state index contributed by atoms with van der Waals surface area (Å²) in [5, 5.41) is 0. The van der Waals surface area contributed by atoms with E-state index in [-0.39, 0.29) is 0 Å². The Balaban J connectivity index is 2.02. The zero-order valence-electron chi connectivity index (χ0n) is 6.36. The second-order valence-electron chi connectivity index (χ2n) is 3.18. The van der Waals surface area contributed by atoms with E-state index in [0.717, 1.165) is 0 Å². The summed E-state index contributed by atoms with van der Waals surface area (Å²) in [7, 11) is 1.50. The summed E-state index contributed by atoms with van der Waals surface area (Å²) in [5.74, 6) is 0. The fraction of sp³-hybridized carbons (Fsp3) is 1.00. The van der Waals surface area contributed by atoms with Gasteiger partial charge in [-0.05, 0) is 0 Å². The van der Waals surface area contributed by atoms with Gasteiger partial charge in [-0.1, -0.05) is 51.2 Å². The van der Waals surface area contributed by atoms with Crippen LogP contribution in [0.3, 0.4) is 0 Å². The van der Waals surface area contributed by atoms with E-state index in [1.54, 1.807) is 0 Å². The highest BCUT2D eigenvalue weighted by Gasteiger charge is 1.97. The summed E-state index contributed by atoms with van der Waals surface area (Å²) in [6.07, 6.45) is 12.0. The van der Waals surface area contributed by atoms with Crippen LogP contribution >= 0.6 is 0 Å². The van der Waals surface area contributed by atoms with Gasteiger partial charge in [0, 0.05) is 0 Å². The van der Waals surface area contributed by atoms with Gasteiger partial charge in [0.05, 0.1) is 0 Å². The van der Waals surface area contributed by atoms with Gasteiger partial charge in [0.2, 0.25) is 0 Å². The van der Waals surface area contributed by atoms with Crippen molar-refractivity contribution in [3.05, 3.63) is 0 Å². The quantitative estimate of drug-likeness (QED) is 0.435. The predicted molar refractivity (Wildman–Crippen MR) is 44.5 cm³/mol. The molecule has 1 aliphatic heterocycles. The minimum Gasteiger partial charge on any atom is -0.0774 e. The third-order valence-corrected chi connectivity index (χ3v) is 2.25. The molecule has 0 atom stereocenters. The first-order chi connectivity index (χ1) is 4.50. The lowest BCUT2D eigenvalue weighted by molar-refractivity contribution is 0.633. The van der Waals surface area contributed by atoms with Crippen molar-refractivity contribution in [3.63, 3.8) is 0 Å². The molecule has 1 aliphatic rings. The maximum absolute atomic E-state index is 1.50. The molecular formula is C8H17B. The smallest absolute Gasteiger partial charge is 0.0774 e. The molecule has 9 heavy (non-hydrogen) atoms. The fourth-order valence-corrected chi connectivity index (χ4v) is 1.59. The van der Waals surface area contributed by atoms with Crippen molar-refractivity contribution in [1.29, 1.82) is 0 Å². The van der Waals surface area contributed by atoms with Gasteiger partial charge in [0.25, 0.3) is 0 Å². The molecule has 0 aromatic carbocycles. The molecule has 0 N–H and O–H groups in total. The van der Waals surface area contributed by atoms with E-state index in [1.165, 1.54) is 58.4 Å². The fourth-order valence-electron chi connectivity index (χ4n) is 1.59. The molecule has 0 nitrogen and oxygen atoms in total. The molecule has 1 heterocycles. The Morgan fingerprint density at radius 3 is 1.56 bits per heavy atom. The van der Waals surface area contributed by atoms with Gasteiger partial charge in [0.1, 0.15) is 7.28 Å². The van der Waals surface area contributed by atoms with E-state index in [1.807, 2.05) is 0 Å². The van der Waals surface area contributed by atoms with Crippen LogP contribution in [0.25, 0.3) is 0 Å². The standard InChI is InChI=1S/C8H17B/c1-2-4-6-8-9-7-5-3-1/h9H,1-8H2. The molecular weight excluding hydrogens is 107 g/mol. The highest BCUT2D eigenvalue weighted by molar-refractivity contribution is 6.35. The lowest BCUT2D eigenvalue weighted by Gasteiger charge is -1.93. The summed E-state index contributed by atoms with van der Waals surface area (Å²) in [4.78, 5) is 0. The maximum atomic E-state index is 1.50. The number of hydrogen-bond donors (Lipinski definition) is 0. The summed E-state index contributed by atoms with van der Waals surface area (Å²) in [5.41, 5.74) is 0. The molecule has 0 amide bonds. The molecule has 0 saturated carbocycles. The van der Waals surface area contributed by atoms with Crippen LogP contribution in [0.4, 0.5) is 0 Å².